The number of nitrogens with zero attached hydrogens (tertiary/aromatic N) is 1. The van der Waals surface area contributed by atoms with Crippen LogP contribution in [-0.2, 0) is 0 Å². The summed E-state index contributed by atoms with van der Waals surface area (Å²) < 4.78 is 1.36. The summed E-state index contributed by atoms with van der Waals surface area (Å²) in [6, 6.07) is 7.44. The fourth-order valence-electron chi connectivity index (χ4n) is 2.46. The second kappa shape index (κ2) is 6.24. The van der Waals surface area contributed by atoms with E-state index < -0.39 is 0 Å². The Labute approximate surface area is 124 Å². The molecule has 1 aliphatic rings. The third-order valence-electron chi connectivity index (χ3n) is 4.06. The molecule has 1 aromatic rings. The van der Waals surface area contributed by atoms with Gasteiger partial charge in [0.1, 0.15) is 0 Å². The van der Waals surface area contributed by atoms with E-state index in [2.05, 4.69) is 71.8 Å². The predicted octanol–water partition coefficient (Wildman–Crippen LogP) is 3.42. The van der Waals surface area contributed by atoms with Crippen LogP contribution in [0.4, 0.5) is 5.69 Å². The number of aryl methyl sites for hydroxylation is 1. The molecule has 2 nitrogen and oxygen atoms in total. The summed E-state index contributed by atoms with van der Waals surface area (Å²) in [6.07, 6.45) is 1.25. The van der Waals surface area contributed by atoms with Crippen molar-refractivity contribution in [1.29, 1.82) is 0 Å². The molecule has 0 saturated carbocycles. The van der Waals surface area contributed by atoms with Gasteiger partial charge < -0.3 is 10.2 Å². The van der Waals surface area contributed by atoms with E-state index in [0.29, 0.717) is 6.04 Å². The van der Waals surface area contributed by atoms with Crippen molar-refractivity contribution in [2.24, 2.45) is 5.92 Å². The Balaban J connectivity index is 2.10. The van der Waals surface area contributed by atoms with Crippen molar-refractivity contribution in [1.82, 2.24) is 5.32 Å². The Bertz CT molecular complexity index is 405. The molecule has 0 aromatic heterocycles. The van der Waals surface area contributed by atoms with Crippen LogP contribution in [0.3, 0.4) is 0 Å². The summed E-state index contributed by atoms with van der Waals surface area (Å²) in [5.74, 6) is 0.748. The zero-order chi connectivity index (χ0) is 13.1. The molecule has 1 saturated heterocycles. The number of anilines is 1. The number of hydrogen-bond donors (Lipinski definition) is 1. The second-order valence-electron chi connectivity index (χ2n) is 5.33. The van der Waals surface area contributed by atoms with Gasteiger partial charge in [0.25, 0.3) is 0 Å². The molecular weight excluding hydrogens is 335 g/mol. The highest BCUT2D eigenvalue weighted by Gasteiger charge is 2.23. The summed E-state index contributed by atoms with van der Waals surface area (Å²) >= 11 is 2.43. The van der Waals surface area contributed by atoms with Crippen molar-refractivity contribution >= 4 is 28.3 Å². The Hall–Kier alpha value is -0.290. The normalized spacial score (nSPS) is 22.0. The van der Waals surface area contributed by atoms with Crippen LogP contribution in [0, 0.1) is 16.4 Å². The average molecular weight is 358 g/mol. The number of nitrogens with one attached hydrogen (secondary N) is 1. The molecule has 1 heterocycles. The van der Waals surface area contributed by atoms with Crippen LogP contribution in [-0.4, -0.2) is 25.7 Å². The van der Waals surface area contributed by atoms with Crippen LogP contribution in [0.2, 0.25) is 0 Å². The Kier molecular flexibility index (Phi) is 4.90. The van der Waals surface area contributed by atoms with Gasteiger partial charge in [0, 0.05) is 34.9 Å². The van der Waals surface area contributed by atoms with Gasteiger partial charge in [-0.1, -0.05) is 26.3 Å². The van der Waals surface area contributed by atoms with Gasteiger partial charge in [-0.25, -0.2) is 0 Å². The minimum atomic E-state index is 0.628. The van der Waals surface area contributed by atoms with Crippen molar-refractivity contribution in [3.8, 4) is 0 Å². The lowest BCUT2D eigenvalue weighted by Gasteiger charge is -2.38. The lowest BCUT2D eigenvalue weighted by atomic mass is 9.97. The highest BCUT2D eigenvalue weighted by molar-refractivity contribution is 14.1. The highest BCUT2D eigenvalue weighted by atomic mass is 127. The van der Waals surface area contributed by atoms with Crippen LogP contribution >= 0.6 is 22.6 Å². The Morgan fingerprint density at radius 3 is 2.94 bits per heavy atom. The quantitative estimate of drug-likeness (QED) is 0.833. The molecule has 1 aliphatic heterocycles. The monoisotopic (exact) mass is 358 g/mol. The van der Waals surface area contributed by atoms with Crippen LogP contribution < -0.4 is 10.2 Å². The molecule has 2 unspecified atom stereocenters. The van der Waals surface area contributed by atoms with Crippen LogP contribution in [0.15, 0.2) is 18.2 Å². The number of benzene rings is 1. The number of rotatable bonds is 3. The topological polar surface area (TPSA) is 15.3 Å². The lowest BCUT2D eigenvalue weighted by molar-refractivity contribution is 0.342. The Morgan fingerprint density at radius 1 is 1.50 bits per heavy atom. The maximum Gasteiger partial charge on any atom is 0.0377 e. The second-order valence-corrected chi connectivity index (χ2v) is 6.49. The van der Waals surface area contributed by atoms with E-state index in [1.54, 1.807) is 0 Å². The first kappa shape index (κ1) is 14.1. The van der Waals surface area contributed by atoms with Crippen LogP contribution in [0.5, 0.6) is 0 Å². The molecule has 0 aliphatic carbocycles. The van der Waals surface area contributed by atoms with Crippen LogP contribution in [0.1, 0.15) is 25.8 Å². The maximum absolute atomic E-state index is 3.65. The summed E-state index contributed by atoms with van der Waals surface area (Å²) in [5, 5.41) is 3.65. The molecule has 0 bridgehead atoms. The minimum Gasteiger partial charge on any atom is -0.369 e. The third kappa shape index (κ3) is 3.18. The van der Waals surface area contributed by atoms with E-state index in [4.69, 9.17) is 0 Å². The van der Waals surface area contributed by atoms with Crippen molar-refractivity contribution in [3.05, 3.63) is 27.3 Å². The molecule has 0 radical (unpaired) electrons. The summed E-state index contributed by atoms with van der Waals surface area (Å²) in [5.41, 5.74) is 2.74. The fraction of sp³-hybridized carbons (Fsp3) is 0.600. The van der Waals surface area contributed by atoms with E-state index in [1.807, 2.05) is 0 Å². The third-order valence-corrected chi connectivity index (χ3v) is 5.22. The first-order valence-corrected chi connectivity index (χ1v) is 7.94. The number of piperazine rings is 1. The number of hydrogen-bond acceptors (Lipinski definition) is 2. The zero-order valence-electron chi connectivity index (χ0n) is 11.5. The van der Waals surface area contributed by atoms with E-state index in [1.165, 1.54) is 21.2 Å². The van der Waals surface area contributed by atoms with Gasteiger partial charge in [0.2, 0.25) is 0 Å². The highest BCUT2D eigenvalue weighted by Crippen LogP contribution is 2.23. The molecule has 1 fully saturated rings. The molecule has 100 valence electrons. The summed E-state index contributed by atoms with van der Waals surface area (Å²) in [6.45, 7) is 10.1. The van der Waals surface area contributed by atoms with Crippen molar-refractivity contribution < 1.29 is 0 Å². The first-order valence-electron chi connectivity index (χ1n) is 6.86. The van der Waals surface area contributed by atoms with Crippen molar-refractivity contribution in [2.45, 2.75) is 33.2 Å². The van der Waals surface area contributed by atoms with Gasteiger partial charge in [-0.2, -0.15) is 0 Å². The molecule has 2 rings (SSSR count). The molecule has 2 atom stereocenters. The van der Waals surface area contributed by atoms with E-state index in [-0.39, 0.29) is 0 Å². The molecule has 3 heteroatoms. The van der Waals surface area contributed by atoms with Crippen molar-refractivity contribution in [3.63, 3.8) is 0 Å². The van der Waals surface area contributed by atoms with Crippen LogP contribution in [0.25, 0.3) is 0 Å². The van der Waals surface area contributed by atoms with E-state index in [9.17, 15) is 0 Å². The van der Waals surface area contributed by atoms with E-state index in [0.717, 1.165) is 25.6 Å². The molecule has 1 N–H and O–H groups in total. The van der Waals surface area contributed by atoms with Gasteiger partial charge in [0.05, 0.1) is 0 Å². The minimum absolute atomic E-state index is 0.628. The Morgan fingerprint density at radius 2 is 2.28 bits per heavy atom. The summed E-state index contributed by atoms with van der Waals surface area (Å²) in [4.78, 5) is 2.52. The summed E-state index contributed by atoms with van der Waals surface area (Å²) in [7, 11) is 0. The predicted molar refractivity (Wildman–Crippen MR) is 87.4 cm³/mol. The van der Waals surface area contributed by atoms with E-state index >= 15 is 0 Å². The maximum atomic E-state index is 3.65. The molecular formula is C15H23IN2. The van der Waals surface area contributed by atoms with Gasteiger partial charge >= 0.3 is 0 Å². The SMILES string of the molecule is CCC(C)C1CN(c2ccc(C)c(I)c2)CCN1. The standard InChI is InChI=1S/C15H23IN2/c1-4-11(2)15-10-18(8-7-17-15)13-6-5-12(3)14(16)9-13/h5-6,9,11,15,17H,4,7-8,10H2,1-3H3. The van der Waals surface area contributed by atoms with Gasteiger partial charge in [-0.15, -0.1) is 0 Å². The van der Waals surface area contributed by atoms with Gasteiger partial charge in [-0.05, 0) is 53.1 Å². The van der Waals surface area contributed by atoms with Gasteiger partial charge in [0.15, 0.2) is 0 Å². The number of halogens is 1. The molecule has 0 spiro atoms. The molecule has 0 amide bonds. The van der Waals surface area contributed by atoms with Crippen molar-refractivity contribution in [2.75, 3.05) is 24.5 Å². The zero-order valence-corrected chi connectivity index (χ0v) is 13.7. The first-order chi connectivity index (χ1) is 8.61. The fourth-order valence-corrected chi connectivity index (χ4v) is 2.96. The lowest BCUT2D eigenvalue weighted by Crippen LogP contribution is -2.53. The molecule has 1 aromatic carbocycles. The smallest absolute Gasteiger partial charge is 0.0377 e. The molecule has 18 heavy (non-hydrogen) atoms. The largest absolute Gasteiger partial charge is 0.369 e. The average Bonchev–Trinajstić information content (AvgIpc) is 2.41. The van der Waals surface area contributed by atoms with Gasteiger partial charge in [-0.3, -0.25) is 0 Å².